The van der Waals surface area contributed by atoms with Crippen molar-refractivity contribution in [2.45, 2.75) is 57.7 Å². The maximum absolute atomic E-state index is 10.4. The Morgan fingerprint density at radius 3 is 2.54 bits per heavy atom. The molecule has 0 bridgehead atoms. The van der Waals surface area contributed by atoms with Gasteiger partial charge >= 0.3 is 0 Å². The molecule has 2 aliphatic rings. The second-order valence-corrected chi connectivity index (χ2v) is 8.37. The van der Waals surface area contributed by atoms with Crippen LogP contribution in [0.2, 0.25) is 5.02 Å². The van der Waals surface area contributed by atoms with Crippen molar-refractivity contribution in [3.8, 4) is 0 Å². The van der Waals surface area contributed by atoms with Gasteiger partial charge in [-0.05, 0) is 56.2 Å². The van der Waals surface area contributed by atoms with Crippen LogP contribution in [0.5, 0.6) is 0 Å². The average Bonchev–Trinajstić information content (AvgIpc) is 3.24. The lowest BCUT2D eigenvalue weighted by molar-refractivity contribution is 0.000979. The molecule has 1 aromatic carbocycles. The molecule has 156 valence electrons. The fourth-order valence-corrected chi connectivity index (χ4v) is 4.20. The summed E-state index contributed by atoms with van der Waals surface area (Å²) in [6.07, 6.45) is 7.25. The van der Waals surface area contributed by atoms with Crippen LogP contribution in [0.4, 0.5) is 0 Å². The second kappa shape index (κ2) is 11.0. The molecule has 3 rings (SSSR count). The third kappa shape index (κ3) is 6.36. The van der Waals surface area contributed by atoms with Crippen molar-refractivity contribution in [3.63, 3.8) is 0 Å². The number of nitrogens with one attached hydrogen (secondary N) is 1. The van der Waals surface area contributed by atoms with Gasteiger partial charge in [0.2, 0.25) is 0 Å². The number of ether oxygens (including phenoxy) is 1. The Balaban J connectivity index is 1.47. The highest BCUT2D eigenvalue weighted by Gasteiger charge is 2.24. The van der Waals surface area contributed by atoms with Gasteiger partial charge in [0.15, 0.2) is 5.96 Å². The highest BCUT2D eigenvalue weighted by molar-refractivity contribution is 6.30. The van der Waals surface area contributed by atoms with Crippen molar-refractivity contribution in [2.75, 3.05) is 32.8 Å². The number of aliphatic imine (C=N–C) groups is 1. The van der Waals surface area contributed by atoms with E-state index >= 15 is 0 Å². The minimum Gasteiger partial charge on any atom is -0.386 e. The standard InChI is InChI=1S/C22H34ClN3O2/c1-2-24-22(25-15-21(27)18-7-9-19(23)10-8-18)26-13-11-20(12-14-26)28-16-17-5-3-4-6-17/h7-10,17,20-21,27H,2-6,11-16H2,1H3,(H,24,25). The highest BCUT2D eigenvalue weighted by atomic mass is 35.5. The fraction of sp³-hybridized carbons (Fsp3) is 0.682. The van der Waals surface area contributed by atoms with Gasteiger partial charge in [0, 0.05) is 31.3 Å². The molecule has 0 amide bonds. The summed E-state index contributed by atoms with van der Waals surface area (Å²) < 4.78 is 6.18. The number of hydrogen-bond acceptors (Lipinski definition) is 3. The number of aliphatic hydroxyl groups is 1. The van der Waals surface area contributed by atoms with Crippen molar-refractivity contribution in [2.24, 2.45) is 10.9 Å². The van der Waals surface area contributed by atoms with Crippen LogP contribution in [0.15, 0.2) is 29.3 Å². The number of hydrogen-bond donors (Lipinski definition) is 2. The predicted molar refractivity (Wildman–Crippen MR) is 115 cm³/mol. The van der Waals surface area contributed by atoms with Gasteiger partial charge < -0.3 is 20.1 Å². The summed E-state index contributed by atoms with van der Waals surface area (Å²) in [6, 6.07) is 7.29. The first kappa shape index (κ1) is 21.4. The summed E-state index contributed by atoms with van der Waals surface area (Å²) in [5, 5.41) is 14.5. The van der Waals surface area contributed by atoms with Gasteiger partial charge in [-0.2, -0.15) is 0 Å². The third-order valence-electron chi connectivity index (χ3n) is 5.79. The molecule has 1 aliphatic heterocycles. The molecule has 1 aromatic rings. The normalized spacial score (nSPS) is 20.5. The Morgan fingerprint density at radius 1 is 1.21 bits per heavy atom. The molecular formula is C22H34ClN3O2. The highest BCUT2D eigenvalue weighted by Crippen LogP contribution is 2.26. The van der Waals surface area contributed by atoms with E-state index in [0.29, 0.717) is 17.7 Å². The number of nitrogens with zero attached hydrogens (tertiary/aromatic N) is 2. The molecule has 2 fully saturated rings. The van der Waals surface area contributed by atoms with Crippen LogP contribution in [0.25, 0.3) is 0 Å². The second-order valence-electron chi connectivity index (χ2n) is 7.93. The largest absolute Gasteiger partial charge is 0.386 e. The van der Waals surface area contributed by atoms with Crippen LogP contribution >= 0.6 is 11.6 Å². The minimum atomic E-state index is -0.627. The molecule has 1 heterocycles. The monoisotopic (exact) mass is 407 g/mol. The summed E-state index contributed by atoms with van der Waals surface area (Å²) in [6.45, 7) is 6.04. The number of rotatable bonds is 7. The van der Waals surface area contributed by atoms with Gasteiger partial charge in [-0.25, -0.2) is 0 Å². The van der Waals surface area contributed by atoms with E-state index in [1.54, 1.807) is 12.1 Å². The van der Waals surface area contributed by atoms with Crippen LogP contribution in [0.1, 0.15) is 57.1 Å². The molecule has 1 saturated carbocycles. The third-order valence-corrected chi connectivity index (χ3v) is 6.04. The quantitative estimate of drug-likeness (QED) is 0.529. The van der Waals surface area contributed by atoms with E-state index in [2.05, 4.69) is 22.1 Å². The van der Waals surface area contributed by atoms with Crippen LogP contribution in [-0.2, 0) is 4.74 Å². The Bertz CT molecular complexity index is 609. The zero-order chi connectivity index (χ0) is 19.8. The number of guanidine groups is 1. The SMILES string of the molecule is CCNC(=NCC(O)c1ccc(Cl)cc1)N1CCC(OCC2CCCC2)CC1. The van der Waals surface area contributed by atoms with E-state index in [0.717, 1.165) is 56.5 Å². The summed E-state index contributed by atoms with van der Waals surface area (Å²) in [5.41, 5.74) is 0.836. The molecule has 6 heteroatoms. The van der Waals surface area contributed by atoms with Crippen LogP contribution in [-0.4, -0.2) is 54.9 Å². The van der Waals surface area contributed by atoms with Crippen molar-refractivity contribution in [1.82, 2.24) is 10.2 Å². The van der Waals surface area contributed by atoms with Crippen LogP contribution < -0.4 is 5.32 Å². The smallest absolute Gasteiger partial charge is 0.194 e. The topological polar surface area (TPSA) is 57.1 Å². The van der Waals surface area contributed by atoms with Gasteiger partial charge in [-0.15, -0.1) is 0 Å². The van der Waals surface area contributed by atoms with Gasteiger partial charge in [0.05, 0.1) is 18.8 Å². The number of halogens is 1. The first-order chi connectivity index (χ1) is 13.7. The zero-order valence-corrected chi connectivity index (χ0v) is 17.7. The Morgan fingerprint density at radius 2 is 1.89 bits per heavy atom. The maximum atomic E-state index is 10.4. The lowest BCUT2D eigenvalue weighted by atomic mass is 10.1. The fourth-order valence-electron chi connectivity index (χ4n) is 4.07. The van der Waals surface area contributed by atoms with Crippen molar-refractivity contribution in [1.29, 1.82) is 0 Å². The van der Waals surface area contributed by atoms with Gasteiger partial charge in [0.1, 0.15) is 0 Å². The average molecular weight is 408 g/mol. The summed E-state index contributed by atoms with van der Waals surface area (Å²) >= 11 is 5.92. The molecule has 2 N–H and O–H groups in total. The molecule has 0 radical (unpaired) electrons. The summed E-state index contributed by atoms with van der Waals surface area (Å²) in [7, 11) is 0. The molecule has 5 nitrogen and oxygen atoms in total. The molecule has 28 heavy (non-hydrogen) atoms. The number of aliphatic hydroxyl groups excluding tert-OH is 1. The Labute approximate surface area is 174 Å². The molecule has 0 spiro atoms. The summed E-state index contributed by atoms with van der Waals surface area (Å²) in [5.74, 6) is 1.66. The van der Waals surface area contributed by atoms with Crippen molar-refractivity contribution in [3.05, 3.63) is 34.9 Å². The Hall–Kier alpha value is -1.30. The molecule has 1 atom stereocenters. The number of piperidine rings is 1. The van der Waals surface area contributed by atoms with Crippen molar-refractivity contribution < 1.29 is 9.84 Å². The zero-order valence-electron chi connectivity index (χ0n) is 16.9. The summed E-state index contributed by atoms with van der Waals surface area (Å²) in [4.78, 5) is 6.96. The van der Waals surface area contributed by atoms with Gasteiger partial charge in [0.25, 0.3) is 0 Å². The van der Waals surface area contributed by atoms with E-state index in [1.807, 2.05) is 12.1 Å². The molecule has 0 aromatic heterocycles. The van der Waals surface area contributed by atoms with E-state index in [-0.39, 0.29) is 0 Å². The first-order valence-electron chi connectivity index (χ1n) is 10.7. The Kier molecular flexibility index (Phi) is 8.44. The maximum Gasteiger partial charge on any atom is 0.194 e. The lowest BCUT2D eigenvalue weighted by Crippen LogP contribution is -2.47. The van der Waals surface area contributed by atoms with Crippen LogP contribution in [0, 0.1) is 5.92 Å². The predicted octanol–water partition coefficient (Wildman–Crippen LogP) is 4.01. The van der Waals surface area contributed by atoms with E-state index in [4.69, 9.17) is 16.3 Å². The molecule has 1 unspecified atom stereocenters. The molecule has 1 saturated heterocycles. The number of likely N-dealkylation sites (tertiary alicyclic amines) is 1. The lowest BCUT2D eigenvalue weighted by Gasteiger charge is -2.34. The van der Waals surface area contributed by atoms with Crippen molar-refractivity contribution >= 4 is 17.6 Å². The molecule has 1 aliphatic carbocycles. The van der Waals surface area contributed by atoms with E-state index in [9.17, 15) is 5.11 Å². The van der Waals surface area contributed by atoms with Gasteiger partial charge in [-0.3, -0.25) is 4.99 Å². The first-order valence-corrected chi connectivity index (χ1v) is 11.1. The minimum absolute atomic E-state index is 0.335. The molecular weight excluding hydrogens is 374 g/mol. The van der Waals surface area contributed by atoms with Gasteiger partial charge in [-0.1, -0.05) is 36.6 Å². The van der Waals surface area contributed by atoms with Crippen LogP contribution in [0.3, 0.4) is 0 Å². The van der Waals surface area contributed by atoms with E-state index < -0.39 is 6.10 Å². The number of benzene rings is 1. The van der Waals surface area contributed by atoms with E-state index in [1.165, 1.54) is 25.7 Å².